The lowest BCUT2D eigenvalue weighted by atomic mass is 10.2. The maximum Gasteiger partial charge on any atom is 0.349 e. The molecule has 0 aliphatic heterocycles. The number of hydrogen-bond donors (Lipinski definition) is 1. The minimum Gasteiger partial charge on any atom is -0.471 e. The van der Waals surface area contributed by atoms with E-state index < -0.39 is 11.9 Å². The van der Waals surface area contributed by atoms with Crippen LogP contribution in [-0.4, -0.2) is 36.9 Å². The van der Waals surface area contributed by atoms with Crippen LogP contribution in [0.3, 0.4) is 0 Å². The highest BCUT2D eigenvalue weighted by molar-refractivity contribution is 6.30. The Hall–Kier alpha value is -2.74. The number of aromatic nitrogens is 1. The first-order valence-corrected chi connectivity index (χ1v) is 7.38. The Balaban J connectivity index is 1.85. The minimum atomic E-state index is -0.704. The summed E-state index contributed by atoms with van der Waals surface area (Å²) in [5.74, 6) is -1.56. The molecular weight excluding hydrogens is 340 g/mol. The number of nitrogen functional groups attached to an aromatic ring is 1. The highest BCUT2D eigenvalue weighted by Gasteiger charge is 2.24. The van der Waals surface area contributed by atoms with Gasteiger partial charge >= 0.3 is 11.9 Å². The summed E-state index contributed by atoms with van der Waals surface area (Å²) in [7, 11) is 0. The quantitative estimate of drug-likeness (QED) is 0.595. The van der Waals surface area contributed by atoms with Gasteiger partial charge in [-0.3, -0.25) is 0 Å². The fourth-order valence-corrected chi connectivity index (χ4v) is 1.84. The summed E-state index contributed by atoms with van der Waals surface area (Å²) >= 11 is 5.74. The van der Waals surface area contributed by atoms with E-state index in [4.69, 9.17) is 36.1 Å². The predicted octanol–water partition coefficient (Wildman–Crippen LogP) is 2.32. The van der Waals surface area contributed by atoms with Crippen LogP contribution in [0.2, 0.25) is 5.02 Å². The average Bonchev–Trinajstić information content (AvgIpc) is 2.93. The first-order chi connectivity index (χ1) is 11.5. The number of ether oxygens (including phenoxy) is 3. The molecule has 8 nitrogen and oxygen atoms in total. The molecule has 0 saturated heterocycles. The van der Waals surface area contributed by atoms with E-state index >= 15 is 0 Å². The molecule has 1 aromatic heterocycles. The lowest BCUT2D eigenvalue weighted by molar-refractivity contribution is 0.0434. The molecule has 0 radical (unpaired) electrons. The topological polar surface area (TPSA) is 114 Å². The van der Waals surface area contributed by atoms with Crippen LogP contribution in [0.15, 0.2) is 28.8 Å². The lowest BCUT2D eigenvalue weighted by Gasteiger charge is -2.06. The summed E-state index contributed by atoms with van der Waals surface area (Å²) < 4.78 is 19.8. The third-order valence-electron chi connectivity index (χ3n) is 2.80. The van der Waals surface area contributed by atoms with Crippen molar-refractivity contribution in [1.82, 2.24) is 5.16 Å². The van der Waals surface area contributed by atoms with E-state index in [-0.39, 0.29) is 37.1 Å². The van der Waals surface area contributed by atoms with Gasteiger partial charge in [-0.25, -0.2) is 9.59 Å². The molecule has 1 aromatic carbocycles. The van der Waals surface area contributed by atoms with Crippen molar-refractivity contribution in [2.45, 2.75) is 6.92 Å². The predicted molar refractivity (Wildman–Crippen MR) is 84.1 cm³/mol. The van der Waals surface area contributed by atoms with Crippen molar-refractivity contribution in [3.8, 4) is 5.88 Å². The Kier molecular flexibility index (Phi) is 6.02. The number of carbonyl (C=O) groups is 2. The molecule has 0 aliphatic carbocycles. The Morgan fingerprint density at radius 2 is 1.88 bits per heavy atom. The molecule has 2 rings (SSSR count). The van der Waals surface area contributed by atoms with Gasteiger partial charge in [-0.05, 0) is 36.3 Å². The number of nitrogens with two attached hydrogens (primary N) is 1. The average molecular weight is 355 g/mol. The highest BCUT2D eigenvalue weighted by atomic mass is 35.5. The van der Waals surface area contributed by atoms with E-state index in [1.807, 2.05) is 0 Å². The third kappa shape index (κ3) is 4.39. The molecule has 0 unspecified atom stereocenters. The first kappa shape index (κ1) is 17.6. The van der Waals surface area contributed by atoms with Crippen LogP contribution in [0.25, 0.3) is 0 Å². The first-order valence-electron chi connectivity index (χ1n) is 7.00. The molecule has 0 fully saturated rings. The maximum absolute atomic E-state index is 11.8. The largest absolute Gasteiger partial charge is 0.471 e. The van der Waals surface area contributed by atoms with Crippen LogP contribution >= 0.6 is 11.6 Å². The number of rotatable bonds is 7. The van der Waals surface area contributed by atoms with Crippen molar-refractivity contribution < 1.29 is 28.3 Å². The van der Waals surface area contributed by atoms with Gasteiger partial charge in [-0.1, -0.05) is 11.6 Å². The fourth-order valence-electron chi connectivity index (χ4n) is 1.72. The van der Waals surface area contributed by atoms with Crippen LogP contribution < -0.4 is 10.5 Å². The van der Waals surface area contributed by atoms with E-state index in [1.54, 1.807) is 31.2 Å². The van der Waals surface area contributed by atoms with E-state index in [1.165, 1.54) is 0 Å². The summed E-state index contributed by atoms with van der Waals surface area (Å²) in [4.78, 5) is 23.5. The number of carbonyl (C=O) groups excluding carboxylic acids is 2. The molecule has 24 heavy (non-hydrogen) atoms. The summed E-state index contributed by atoms with van der Waals surface area (Å²) in [6, 6.07) is 6.25. The summed E-state index contributed by atoms with van der Waals surface area (Å²) in [5, 5.41) is 4.04. The highest BCUT2D eigenvalue weighted by Crippen LogP contribution is 2.24. The third-order valence-corrected chi connectivity index (χ3v) is 3.05. The van der Waals surface area contributed by atoms with Crippen molar-refractivity contribution in [1.29, 1.82) is 0 Å². The number of anilines is 1. The second-order valence-corrected chi connectivity index (χ2v) is 4.88. The second-order valence-electron chi connectivity index (χ2n) is 4.44. The lowest BCUT2D eigenvalue weighted by Crippen LogP contribution is -2.14. The Bertz CT molecular complexity index is 713. The number of hydrogen-bond acceptors (Lipinski definition) is 8. The Morgan fingerprint density at radius 1 is 1.17 bits per heavy atom. The van der Waals surface area contributed by atoms with E-state index in [2.05, 4.69) is 5.16 Å². The number of esters is 2. The van der Waals surface area contributed by atoms with Crippen molar-refractivity contribution in [2.75, 3.05) is 25.6 Å². The van der Waals surface area contributed by atoms with E-state index in [0.29, 0.717) is 10.6 Å². The summed E-state index contributed by atoms with van der Waals surface area (Å²) in [6.07, 6.45) is 0. The molecule has 2 N–H and O–H groups in total. The molecule has 0 bridgehead atoms. The molecule has 0 spiro atoms. The van der Waals surface area contributed by atoms with Gasteiger partial charge < -0.3 is 24.5 Å². The van der Waals surface area contributed by atoms with Crippen molar-refractivity contribution >= 4 is 29.4 Å². The Labute approximate surface area is 142 Å². The van der Waals surface area contributed by atoms with E-state index in [9.17, 15) is 9.59 Å². The maximum atomic E-state index is 11.8. The van der Waals surface area contributed by atoms with Crippen LogP contribution in [0.4, 0.5) is 5.88 Å². The summed E-state index contributed by atoms with van der Waals surface area (Å²) in [5.41, 5.74) is 5.77. The second kappa shape index (κ2) is 8.21. The SMILES string of the molecule is CCOC(=O)c1c(OCCOC(=O)c2ccc(Cl)cc2)noc1N. The zero-order chi connectivity index (χ0) is 17.5. The minimum absolute atomic E-state index is 0.0439. The van der Waals surface area contributed by atoms with Crippen molar-refractivity contribution in [3.63, 3.8) is 0 Å². The Morgan fingerprint density at radius 3 is 2.54 bits per heavy atom. The van der Waals surface area contributed by atoms with Gasteiger partial charge in [0.05, 0.1) is 12.2 Å². The number of benzene rings is 1. The van der Waals surface area contributed by atoms with Gasteiger partial charge in [0.25, 0.3) is 5.88 Å². The van der Waals surface area contributed by atoms with Gasteiger partial charge in [0.1, 0.15) is 13.2 Å². The molecule has 128 valence electrons. The molecule has 9 heteroatoms. The number of halogens is 1. The van der Waals surface area contributed by atoms with Gasteiger partial charge in [-0.2, -0.15) is 0 Å². The smallest absolute Gasteiger partial charge is 0.349 e. The van der Waals surface area contributed by atoms with Gasteiger partial charge in [0.15, 0.2) is 5.56 Å². The zero-order valence-corrected chi connectivity index (χ0v) is 13.5. The van der Waals surface area contributed by atoms with Crippen molar-refractivity contribution in [3.05, 3.63) is 40.4 Å². The number of nitrogens with zero attached hydrogens (tertiary/aromatic N) is 1. The van der Waals surface area contributed by atoms with Crippen LogP contribution in [0, 0.1) is 0 Å². The molecule has 0 aliphatic rings. The molecule has 2 aromatic rings. The standard InChI is InChI=1S/C15H15ClN2O6/c1-2-21-15(20)11-12(17)24-18-13(11)22-7-8-23-14(19)9-3-5-10(16)6-4-9/h3-6H,2,7-8,17H2,1H3. The summed E-state index contributed by atoms with van der Waals surface area (Å²) in [6.45, 7) is 1.72. The molecule has 0 saturated carbocycles. The van der Waals surface area contributed by atoms with Gasteiger partial charge in [0.2, 0.25) is 5.88 Å². The van der Waals surface area contributed by atoms with Crippen LogP contribution in [0.1, 0.15) is 27.6 Å². The van der Waals surface area contributed by atoms with Crippen molar-refractivity contribution in [2.24, 2.45) is 0 Å². The fraction of sp³-hybridized carbons (Fsp3) is 0.267. The molecule has 1 heterocycles. The normalized spacial score (nSPS) is 10.2. The molecular formula is C15H15ClN2O6. The molecule has 0 atom stereocenters. The van der Waals surface area contributed by atoms with E-state index in [0.717, 1.165) is 0 Å². The zero-order valence-electron chi connectivity index (χ0n) is 12.8. The monoisotopic (exact) mass is 354 g/mol. The van der Waals surface area contributed by atoms with Gasteiger partial charge in [-0.15, -0.1) is 0 Å². The van der Waals surface area contributed by atoms with Crippen LogP contribution in [0.5, 0.6) is 5.88 Å². The van der Waals surface area contributed by atoms with Crippen LogP contribution in [-0.2, 0) is 9.47 Å². The van der Waals surface area contributed by atoms with Gasteiger partial charge in [0, 0.05) is 5.02 Å². The molecule has 0 amide bonds.